The number of aromatic nitrogens is 2. The smallest absolute Gasteiger partial charge is 0.161 e. The number of halogens is 2. The van der Waals surface area contributed by atoms with Crippen molar-refractivity contribution in [2.75, 3.05) is 26.8 Å². The van der Waals surface area contributed by atoms with Crippen molar-refractivity contribution < 1.29 is 13.5 Å². The highest BCUT2D eigenvalue weighted by Crippen LogP contribution is 2.20. The second-order valence-electron chi connectivity index (χ2n) is 4.81. The summed E-state index contributed by atoms with van der Waals surface area (Å²) in [6, 6.07) is 2.42. The van der Waals surface area contributed by atoms with Gasteiger partial charge in [0.1, 0.15) is 0 Å². The predicted octanol–water partition coefficient (Wildman–Crippen LogP) is 2.50. The molecule has 0 aliphatic carbocycles. The zero-order valence-corrected chi connectivity index (χ0v) is 11.7. The molecule has 1 atom stereocenters. The molecule has 0 aliphatic rings. The molecule has 1 aromatic carbocycles. The maximum Gasteiger partial charge on any atom is 0.161 e. The molecule has 2 rings (SSSR count). The number of fused-ring (bicyclic) bond motifs is 1. The highest BCUT2D eigenvalue weighted by atomic mass is 19.2. The molecule has 1 N–H and O–H groups in total. The Labute approximate surface area is 116 Å². The maximum absolute atomic E-state index is 13.3. The number of nitrogens with one attached hydrogen (secondary N) is 1. The van der Waals surface area contributed by atoms with E-state index in [1.165, 1.54) is 6.07 Å². The van der Waals surface area contributed by atoms with Gasteiger partial charge < -0.3 is 14.6 Å². The second-order valence-corrected chi connectivity index (χ2v) is 4.81. The van der Waals surface area contributed by atoms with Crippen LogP contribution in [0.15, 0.2) is 18.5 Å². The molecule has 0 fully saturated rings. The number of nitrogens with zero attached hydrogens (tertiary/aromatic N) is 2. The largest absolute Gasteiger partial charge is 0.385 e. The van der Waals surface area contributed by atoms with E-state index in [0.717, 1.165) is 32.2 Å². The van der Waals surface area contributed by atoms with Crippen LogP contribution in [0, 0.1) is 11.6 Å². The number of imidazole rings is 1. The fourth-order valence-electron chi connectivity index (χ4n) is 2.12. The first-order valence-corrected chi connectivity index (χ1v) is 6.64. The van der Waals surface area contributed by atoms with Gasteiger partial charge in [-0.25, -0.2) is 13.8 Å². The third-order valence-electron chi connectivity index (χ3n) is 3.23. The lowest BCUT2D eigenvalue weighted by Crippen LogP contribution is -2.24. The molecule has 1 aromatic heterocycles. The SMILES string of the molecule is COCCCNCC(C)n1cnc2cc(F)c(F)cc21. The summed E-state index contributed by atoms with van der Waals surface area (Å²) < 4.78 is 33.3. The van der Waals surface area contributed by atoms with Gasteiger partial charge >= 0.3 is 0 Å². The number of hydrogen-bond donors (Lipinski definition) is 1. The monoisotopic (exact) mass is 283 g/mol. The minimum Gasteiger partial charge on any atom is -0.385 e. The quantitative estimate of drug-likeness (QED) is 0.794. The van der Waals surface area contributed by atoms with E-state index in [0.29, 0.717) is 11.0 Å². The Bertz CT molecular complexity index is 571. The fourth-order valence-corrected chi connectivity index (χ4v) is 2.12. The normalized spacial score (nSPS) is 13.0. The van der Waals surface area contributed by atoms with Gasteiger partial charge in [-0.3, -0.25) is 0 Å². The van der Waals surface area contributed by atoms with Crippen LogP contribution in [-0.2, 0) is 4.74 Å². The van der Waals surface area contributed by atoms with E-state index in [1.54, 1.807) is 13.4 Å². The van der Waals surface area contributed by atoms with Crippen LogP contribution in [0.4, 0.5) is 8.78 Å². The van der Waals surface area contributed by atoms with E-state index < -0.39 is 11.6 Å². The average Bonchev–Trinajstić information content (AvgIpc) is 2.82. The molecule has 0 aliphatic heterocycles. The van der Waals surface area contributed by atoms with Crippen LogP contribution in [0.2, 0.25) is 0 Å². The summed E-state index contributed by atoms with van der Waals surface area (Å²) in [6.07, 6.45) is 2.55. The van der Waals surface area contributed by atoms with Gasteiger partial charge in [0.25, 0.3) is 0 Å². The van der Waals surface area contributed by atoms with Gasteiger partial charge in [-0.2, -0.15) is 0 Å². The van der Waals surface area contributed by atoms with Crippen LogP contribution in [0.3, 0.4) is 0 Å². The zero-order chi connectivity index (χ0) is 14.5. The summed E-state index contributed by atoms with van der Waals surface area (Å²) in [6.45, 7) is 4.31. The molecule has 20 heavy (non-hydrogen) atoms. The Balaban J connectivity index is 2.03. The van der Waals surface area contributed by atoms with E-state index in [-0.39, 0.29) is 6.04 Å². The van der Waals surface area contributed by atoms with Crippen LogP contribution >= 0.6 is 0 Å². The van der Waals surface area contributed by atoms with E-state index in [2.05, 4.69) is 10.3 Å². The van der Waals surface area contributed by atoms with Gasteiger partial charge in [0.15, 0.2) is 11.6 Å². The molecule has 110 valence electrons. The minimum atomic E-state index is -0.868. The molecule has 1 unspecified atom stereocenters. The molecule has 0 bridgehead atoms. The number of hydrogen-bond acceptors (Lipinski definition) is 3. The molecule has 0 amide bonds. The van der Waals surface area contributed by atoms with Crippen molar-refractivity contribution in [2.24, 2.45) is 0 Å². The molecule has 2 aromatic rings. The predicted molar refractivity (Wildman–Crippen MR) is 73.7 cm³/mol. The van der Waals surface area contributed by atoms with E-state index in [4.69, 9.17) is 4.74 Å². The van der Waals surface area contributed by atoms with Gasteiger partial charge in [-0.05, 0) is 19.9 Å². The standard InChI is InChI=1S/C14H19F2N3O/c1-10(8-17-4-3-5-20-2)19-9-18-13-6-11(15)12(16)7-14(13)19/h6-7,9-10,17H,3-5,8H2,1-2H3. The second kappa shape index (κ2) is 6.76. The fraction of sp³-hybridized carbons (Fsp3) is 0.500. The number of methoxy groups -OCH3 is 1. The maximum atomic E-state index is 13.3. The van der Waals surface area contributed by atoms with Crippen molar-refractivity contribution in [3.05, 3.63) is 30.1 Å². The van der Waals surface area contributed by atoms with E-state index in [9.17, 15) is 8.78 Å². The van der Waals surface area contributed by atoms with Gasteiger partial charge in [0.2, 0.25) is 0 Å². The Morgan fingerprint density at radius 2 is 2.10 bits per heavy atom. The Hall–Kier alpha value is -1.53. The van der Waals surface area contributed by atoms with Gasteiger partial charge in [-0.1, -0.05) is 0 Å². The lowest BCUT2D eigenvalue weighted by Gasteiger charge is -2.15. The van der Waals surface area contributed by atoms with Crippen molar-refractivity contribution in [3.63, 3.8) is 0 Å². The van der Waals surface area contributed by atoms with Crippen molar-refractivity contribution in [1.29, 1.82) is 0 Å². The molecule has 0 radical (unpaired) electrons. The molecular formula is C14H19F2N3O. The first kappa shape index (κ1) is 14.9. The van der Waals surface area contributed by atoms with Crippen molar-refractivity contribution >= 4 is 11.0 Å². The summed E-state index contributed by atoms with van der Waals surface area (Å²) in [5.74, 6) is -1.72. The van der Waals surface area contributed by atoms with Gasteiger partial charge in [-0.15, -0.1) is 0 Å². The third-order valence-corrected chi connectivity index (χ3v) is 3.23. The van der Waals surface area contributed by atoms with Crippen molar-refractivity contribution in [3.8, 4) is 0 Å². The number of rotatable bonds is 7. The summed E-state index contributed by atoms with van der Waals surface area (Å²) >= 11 is 0. The molecule has 1 heterocycles. The van der Waals surface area contributed by atoms with Crippen LogP contribution in [0.25, 0.3) is 11.0 Å². The molecule has 0 spiro atoms. The lowest BCUT2D eigenvalue weighted by molar-refractivity contribution is 0.194. The minimum absolute atomic E-state index is 0.104. The highest BCUT2D eigenvalue weighted by molar-refractivity contribution is 5.75. The number of benzene rings is 1. The molecule has 0 saturated carbocycles. The molecular weight excluding hydrogens is 264 g/mol. The Morgan fingerprint density at radius 1 is 1.35 bits per heavy atom. The van der Waals surface area contributed by atoms with Crippen LogP contribution < -0.4 is 5.32 Å². The van der Waals surface area contributed by atoms with E-state index in [1.807, 2.05) is 11.5 Å². The lowest BCUT2D eigenvalue weighted by atomic mass is 10.2. The number of ether oxygens (including phenoxy) is 1. The van der Waals surface area contributed by atoms with Crippen LogP contribution in [0.1, 0.15) is 19.4 Å². The highest BCUT2D eigenvalue weighted by Gasteiger charge is 2.12. The van der Waals surface area contributed by atoms with Crippen LogP contribution in [-0.4, -0.2) is 36.4 Å². The van der Waals surface area contributed by atoms with E-state index >= 15 is 0 Å². The van der Waals surface area contributed by atoms with Gasteiger partial charge in [0.05, 0.1) is 17.4 Å². The third kappa shape index (κ3) is 3.32. The summed E-state index contributed by atoms with van der Waals surface area (Å²) in [4.78, 5) is 4.11. The Morgan fingerprint density at radius 3 is 2.85 bits per heavy atom. The average molecular weight is 283 g/mol. The molecule has 4 nitrogen and oxygen atoms in total. The first-order valence-electron chi connectivity index (χ1n) is 6.64. The Kier molecular flexibility index (Phi) is 5.03. The van der Waals surface area contributed by atoms with Crippen molar-refractivity contribution in [1.82, 2.24) is 14.9 Å². The molecule has 6 heteroatoms. The van der Waals surface area contributed by atoms with Crippen molar-refractivity contribution in [2.45, 2.75) is 19.4 Å². The van der Waals surface area contributed by atoms with Gasteiger partial charge in [0, 0.05) is 38.4 Å². The topological polar surface area (TPSA) is 39.1 Å². The summed E-state index contributed by atoms with van der Waals surface area (Å²) in [5.41, 5.74) is 1.07. The summed E-state index contributed by atoms with van der Waals surface area (Å²) in [7, 11) is 1.67. The molecule has 0 saturated heterocycles. The zero-order valence-electron chi connectivity index (χ0n) is 11.7. The summed E-state index contributed by atoms with van der Waals surface area (Å²) in [5, 5.41) is 3.30. The van der Waals surface area contributed by atoms with Crippen LogP contribution in [0.5, 0.6) is 0 Å². The first-order chi connectivity index (χ1) is 9.63.